The number of hydrazone groups is 1. The molecule has 27 heavy (non-hydrogen) atoms. The monoisotopic (exact) mass is 379 g/mol. The number of benzene rings is 2. The van der Waals surface area contributed by atoms with Crippen molar-refractivity contribution in [3.8, 4) is 0 Å². The maximum atomic E-state index is 14.1. The summed E-state index contributed by atoms with van der Waals surface area (Å²) in [5, 5.41) is 15.6. The van der Waals surface area contributed by atoms with E-state index in [-0.39, 0.29) is 11.7 Å². The molecule has 1 unspecified atom stereocenters. The summed E-state index contributed by atoms with van der Waals surface area (Å²) in [5.74, 6) is -0.949. The van der Waals surface area contributed by atoms with Gasteiger partial charge in [-0.05, 0) is 24.3 Å². The molecule has 2 aliphatic heterocycles. The smallest absolute Gasteiger partial charge is 0.381 e. The molecule has 2 aromatic carbocycles. The molecule has 10 heteroatoms. The van der Waals surface area contributed by atoms with E-state index in [9.17, 15) is 22.7 Å². The lowest BCUT2D eigenvalue weighted by molar-refractivity contribution is -0.139. The summed E-state index contributed by atoms with van der Waals surface area (Å²) in [7, 11) is 0. The lowest BCUT2D eigenvalue weighted by atomic mass is 10.1. The second kappa shape index (κ2) is 5.95. The normalized spacial score (nSPS) is 18.8. The number of fused-ring (bicyclic) bond motifs is 3. The molecule has 0 aliphatic carbocycles. The Bertz CT molecular complexity index is 972. The highest BCUT2D eigenvalue weighted by Gasteiger charge is 2.41. The van der Waals surface area contributed by atoms with Gasteiger partial charge < -0.3 is 10.8 Å². The van der Waals surface area contributed by atoms with Crippen LogP contribution in [-0.2, 0) is 12.7 Å². The molecule has 0 saturated heterocycles. The SMILES string of the molecule is NC1=Nc2ccccc2N2C1=NN(Cc1c(F)cccc1C(F)(F)F)C2O. The van der Waals surface area contributed by atoms with Gasteiger partial charge >= 0.3 is 6.18 Å². The van der Waals surface area contributed by atoms with E-state index < -0.39 is 36.0 Å². The number of aliphatic hydroxyl groups excluding tert-OH is 1. The molecule has 0 saturated carbocycles. The fourth-order valence-corrected chi connectivity index (χ4v) is 3.08. The number of amidine groups is 2. The zero-order valence-corrected chi connectivity index (χ0v) is 13.7. The van der Waals surface area contributed by atoms with Crippen LogP contribution in [0.2, 0.25) is 0 Å². The van der Waals surface area contributed by atoms with Gasteiger partial charge in [0.05, 0.1) is 23.5 Å². The number of alkyl halides is 3. The Balaban J connectivity index is 1.73. The van der Waals surface area contributed by atoms with Gasteiger partial charge in [0.1, 0.15) is 5.82 Å². The van der Waals surface area contributed by atoms with Crippen LogP contribution in [0.5, 0.6) is 0 Å². The number of anilines is 1. The number of nitrogens with two attached hydrogens (primary N) is 1. The zero-order chi connectivity index (χ0) is 19.3. The number of halogens is 4. The van der Waals surface area contributed by atoms with E-state index >= 15 is 0 Å². The average Bonchev–Trinajstić information content (AvgIpc) is 2.93. The third kappa shape index (κ3) is 2.78. The molecule has 1 atom stereocenters. The highest BCUT2D eigenvalue weighted by Crippen LogP contribution is 2.38. The van der Waals surface area contributed by atoms with Crippen molar-refractivity contribution in [1.29, 1.82) is 0 Å². The summed E-state index contributed by atoms with van der Waals surface area (Å²) in [6.07, 6.45) is -6.20. The first-order chi connectivity index (χ1) is 12.8. The Labute approximate surface area is 150 Å². The standard InChI is InChI=1S/C17H13F4N5O/c18-11-5-3-4-10(17(19,20)21)9(11)8-25-16(27)26-13-7-2-1-6-12(13)23-14(22)15(26)24-25/h1-7,16,27H,8H2,(H2,22,23). The van der Waals surface area contributed by atoms with Gasteiger partial charge in [0.25, 0.3) is 0 Å². The van der Waals surface area contributed by atoms with Crippen LogP contribution in [0.25, 0.3) is 0 Å². The molecule has 2 aliphatic rings. The van der Waals surface area contributed by atoms with Crippen molar-refractivity contribution < 1.29 is 22.7 Å². The maximum absolute atomic E-state index is 14.1. The number of aliphatic imine (C=N–C) groups is 1. The van der Waals surface area contributed by atoms with E-state index in [0.29, 0.717) is 11.4 Å². The molecule has 0 amide bonds. The number of hydrogen-bond donors (Lipinski definition) is 2. The van der Waals surface area contributed by atoms with Crippen LogP contribution >= 0.6 is 0 Å². The molecule has 0 fully saturated rings. The highest BCUT2D eigenvalue weighted by molar-refractivity contribution is 6.47. The summed E-state index contributed by atoms with van der Waals surface area (Å²) in [5.41, 5.74) is 5.10. The van der Waals surface area contributed by atoms with Gasteiger partial charge in [-0.15, -0.1) is 0 Å². The molecule has 2 heterocycles. The third-order valence-electron chi connectivity index (χ3n) is 4.30. The van der Waals surface area contributed by atoms with Crippen molar-refractivity contribution in [2.75, 3.05) is 4.90 Å². The number of aliphatic hydroxyl groups is 1. The Kier molecular flexibility index (Phi) is 3.81. The largest absolute Gasteiger partial charge is 0.416 e. The van der Waals surface area contributed by atoms with Crippen molar-refractivity contribution in [1.82, 2.24) is 5.01 Å². The van der Waals surface area contributed by atoms with Crippen LogP contribution in [0.4, 0.5) is 28.9 Å². The van der Waals surface area contributed by atoms with E-state index in [0.717, 1.165) is 23.2 Å². The van der Waals surface area contributed by atoms with Crippen LogP contribution in [0.1, 0.15) is 11.1 Å². The second-order valence-electron chi connectivity index (χ2n) is 5.99. The molecular weight excluding hydrogens is 366 g/mol. The van der Waals surface area contributed by atoms with E-state index in [4.69, 9.17) is 5.73 Å². The maximum Gasteiger partial charge on any atom is 0.416 e. The number of para-hydroxylation sites is 2. The Morgan fingerprint density at radius 3 is 2.59 bits per heavy atom. The van der Waals surface area contributed by atoms with E-state index in [1.54, 1.807) is 24.3 Å². The minimum Gasteiger partial charge on any atom is -0.381 e. The van der Waals surface area contributed by atoms with Crippen molar-refractivity contribution in [3.05, 3.63) is 59.4 Å². The average molecular weight is 379 g/mol. The van der Waals surface area contributed by atoms with Gasteiger partial charge in [0.2, 0.25) is 6.35 Å². The lowest BCUT2D eigenvalue weighted by Crippen LogP contribution is -2.47. The van der Waals surface area contributed by atoms with Gasteiger partial charge in [-0.2, -0.15) is 18.3 Å². The van der Waals surface area contributed by atoms with Crippen LogP contribution < -0.4 is 10.6 Å². The Hall–Kier alpha value is -3.14. The highest BCUT2D eigenvalue weighted by atomic mass is 19.4. The van der Waals surface area contributed by atoms with Gasteiger partial charge in [0, 0.05) is 5.56 Å². The molecule has 3 N–H and O–H groups in total. The van der Waals surface area contributed by atoms with Crippen LogP contribution in [0, 0.1) is 5.82 Å². The molecule has 0 bridgehead atoms. The Morgan fingerprint density at radius 2 is 1.85 bits per heavy atom. The molecule has 0 spiro atoms. The van der Waals surface area contributed by atoms with Crippen molar-refractivity contribution in [3.63, 3.8) is 0 Å². The molecular formula is C17H13F4N5O. The van der Waals surface area contributed by atoms with Gasteiger partial charge in [-0.1, -0.05) is 18.2 Å². The minimum atomic E-state index is -4.74. The molecule has 0 radical (unpaired) electrons. The predicted octanol–water partition coefficient (Wildman–Crippen LogP) is 2.76. The first kappa shape index (κ1) is 17.3. The first-order valence-electron chi connectivity index (χ1n) is 7.88. The fraction of sp³-hybridized carbons (Fsp3) is 0.176. The Morgan fingerprint density at radius 1 is 1.11 bits per heavy atom. The van der Waals surface area contributed by atoms with Crippen molar-refractivity contribution in [2.45, 2.75) is 19.1 Å². The second-order valence-corrected chi connectivity index (χ2v) is 5.99. The third-order valence-corrected chi connectivity index (χ3v) is 4.30. The quantitative estimate of drug-likeness (QED) is 0.787. The predicted molar refractivity (Wildman–Crippen MR) is 90.6 cm³/mol. The summed E-state index contributed by atoms with van der Waals surface area (Å²) in [6.45, 7) is -0.599. The molecule has 0 aromatic heterocycles. The van der Waals surface area contributed by atoms with E-state index in [1.165, 1.54) is 4.90 Å². The van der Waals surface area contributed by atoms with Crippen LogP contribution in [0.3, 0.4) is 0 Å². The topological polar surface area (TPSA) is 77.5 Å². The van der Waals surface area contributed by atoms with E-state index in [1.807, 2.05) is 0 Å². The van der Waals surface area contributed by atoms with Crippen LogP contribution in [0.15, 0.2) is 52.6 Å². The van der Waals surface area contributed by atoms with Crippen molar-refractivity contribution in [2.24, 2.45) is 15.8 Å². The lowest BCUT2D eigenvalue weighted by Gasteiger charge is -2.30. The number of hydrogen-bond acceptors (Lipinski definition) is 6. The van der Waals surface area contributed by atoms with Crippen molar-refractivity contribution >= 4 is 23.0 Å². The van der Waals surface area contributed by atoms with E-state index in [2.05, 4.69) is 10.1 Å². The molecule has 140 valence electrons. The summed E-state index contributed by atoms with van der Waals surface area (Å²) < 4.78 is 53.8. The summed E-state index contributed by atoms with van der Waals surface area (Å²) in [6, 6.07) is 9.47. The van der Waals surface area contributed by atoms with Gasteiger partial charge in [-0.3, -0.25) is 4.90 Å². The first-order valence-corrected chi connectivity index (χ1v) is 7.88. The number of nitrogens with zero attached hydrogens (tertiary/aromatic N) is 4. The minimum absolute atomic E-state index is 0.000159. The summed E-state index contributed by atoms with van der Waals surface area (Å²) in [4.78, 5) is 5.51. The molecule has 2 aromatic rings. The summed E-state index contributed by atoms with van der Waals surface area (Å²) >= 11 is 0. The zero-order valence-electron chi connectivity index (χ0n) is 13.7. The molecule has 6 nitrogen and oxygen atoms in total. The van der Waals surface area contributed by atoms with Gasteiger partial charge in [-0.25, -0.2) is 14.4 Å². The van der Waals surface area contributed by atoms with Crippen LogP contribution in [-0.4, -0.2) is 28.1 Å². The van der Waals surface area contributed by atoms with Gasteiger partial charge in [0.15, 0.2) is 11.7 Å². The number of rotatable bonds is 2. The fourth-order valence-electron chi connectivity index (χ4n) is 3.08. The molecule has 4 rings (SSSR count).